The van der Waals surface area contributed by atoms with Crippen molar-refractivity contribution in [2.45, 2.75) is 0 Å². The fourth-order valence-corrected chi connectivity index (χ4v) is 1.31. The predicted molar refractivity (Wildman–Crippen MR) is 67.2 cm³/mol. The molecule has 0 amide bonds. The SMILES string of the molecule is N#Cc1cccc(/C=N/Nc2cn[nH]c(=O)c2)c1. The van der Waals surface area contributed by atoms with Gasteiger partial charge in [0.2, 0.25) is 0 Å². The second-order valence-electron chi connectivity index (χ2n) is 3.44. The predicted octanol–water partition coefficient (Wildman–Crippen LogP) is 1.09. The Morgan fingerprint density at radius 3 is 3.11 bits per heavy atom. The lowest BCUT2D eigenvalue weighted by molar-refractivity contribution is 0.987. The van der Waals surface area contributed by atoms with Gasteiger partial charge in [-0.3, -0.25) is 10.2 Å². The van der Waals surface area contributed by atoms with Gasteiger partial charge in [0.15, 0.2) is 0 Å². The van der Waals surface area contributed by atoms with E-state index in [1.165, 1.54) is 12.3 Å². The van der Waals surface area contributed by atoms with Crippen LogP contribution < -0.4 is 11.0 Å². The summed E-state index contributed by atoms with van der Waals surface area (Å²) in [7, 11) is 0. The van der Waals surface area contributed by atoms with Gasteiger partial charge in [-0.05, 0) is 17.7 Å². The molecule has 1 aromatic carbocycles. The third-order valence-corrected chi connectivity index (χ3v) is 2.09. The number of hydrogen-bond donors (Lipinski definition) is 2. The maximum Gasteiger partial charge on any atom is 0.266 e. The van der Waals surface area contributed by atoms with Crippen LogP contribution in [0.2, 0.25) is 0 Å². The third kappa shape index (κ3) is 3.02. The highest BCUT2D eigenvalue weighted by Gasteiger charge is 1.92. The second-order valence-corrected chi connectivity index (χ2v) is 3.44. The summed E-state index contributed by atoms with van der Waals surface area (Å²) in [5, 5.41) is 18.6. The highest BCUT2D eigenvalue weighted by molar-refractivity contribution is 5.80. The Bertz CT molecular complexity index is 668. The minimum Gasteiger partial charge on any atom is -0.277 e. The van der Waals surface area contributed by atoms with Crippen molar-refractivity contribution in [2.24, 2.45) is 5.10 Å². The lowest BCUT2D eigenvalue weighted by Crippen LogP contribution is -2.06. The highest BCUT2D eigenvalue weighted by Crippen LogP contribution is 2.02. The maximum absolute atomic E-state index is 11.0. The van der Waals surface area contributed by atoms with E-state index in [4.69, 9.17) is 5.26 Å². The molecule has 88 valence electrons. The van der Waals surface area contributed by atoms with Crippen molar-refractivity contribution in [2.75, 3.05) is 5.43 Å². The number of rotatable bonds is 3. The molecule has 0 radical (unpaired) electrons. The van der Waals surface area contributed by atoms with Gasteiger partial charge < -0.3 is 0 Å². The van der Waals surface area contributed by atoms with Crippen LogP contribution in [0.3, 0.4) is 0 Å². The first-order valence-corrected chi connectivity index (χ1v) is 5.12. The molecule has 0 unspecified atom stereocenters. The van der Waals surface area contributed by atoms with Crippen molar-refractivity contribution in [3.8, 4) is 6.07 Å². The number of nitriles is 1. The van der Waals surface area contributed by atoms with Gasteiger partial charge in [0.1, 0.15) is 0 Å². The molecule has 6 heteroatoms. The minimum atomic E-state index is -0.304. The molecular weight excluding hydrogens is 230 g/mol. The van der Waals surface area contributed by atoms with E-state index in [9.17, 15) is 4.79 Å². The molecule has 2 rings (SSSR count). The van der Waals surface area contributed by atoms with E-state index >= 15 is 0 Å². The van der Waals surface area contributed by atoms with Crippen LogP contribution >= 0.6 is 0 Å². The molecule has 0 atom stereocenters. The van der Waals surface area contributed by atoms with Crippen LogP contribution in [0.1, 0.15) is 11.1 Å². The van der Waals surface area contributed by atoms with Crippen LogP contribution in [-0.4, -0.2) is 16.4 Å². The normalized spacial score (nSPS) is 10.2. The molecule has 0 bridgehead atoms. The first-order valence-electron chi connectivity index (χ1n) is 5.12. The van der Waals surface area contributed by atoms with Crippen molar-refractivity contribution in [1.82, 2.24) is 10.2 Å². The Labute approximate surface area is 103 Å². The molecule has 1 aromatic heterocycles. The Morgan fingerprint density at radius 2 is 2.33 bits per heavy atom. The van der Waals surface area contributed by atoms with E-state index in [-0.39, 0.29) is 5.56 Å². The van der Waals surface area contributed by atoms with Crippen LogP contribution in [0.15, 0.2) is 46.4 Å². The number of hydrazone groups is 1. The lowest BCUT2D eigenvalue weighted by Gasteiger charge is -1.97. The average molecular weight is 239 g/mol. The molecule has 0 aliphatic carbocycles. The Morgan fingerprint density at radius 1 is 1.44 bits per heavy atom. The zero-order valence-corrected chi connectivity index (χ0v) is 9.29. The Hall–Kier alpha value is -2.94. The molecule has 0 aliphatic rings. The number of aromatic nitrogens is 2. The summed E-state index contributed by atoms with van der Waals surface area (Å²) in [6.45, 7) is 0. The van der Waals surface area contributed by atoms with Crippen molar-refractivity contribution >= 4 is 11.9 Å². The first-order chi connectivity index (χ1) is 8.78. The molecule has 0 aliphatic heterocycles. The monoisotopic (exact) mass is 239 g/mol. The molecule has 1 heterocycles. The molecule has 0 saturated carbocycles. The van der Waals surface area contributed by atoms with Crippen molar-refractivity contribution < 1.29 is 0 Å². The molecule has 0 saturated heterocycles. The Kier molecular flexibility index (Phi) is 3.47. The summed E-state index contributed by atoms with van der Waals surface area (Å²) >= 11 is 0. The summed E-state index contributed by atoms with van der Waals surface area (Å²) in [5.41, 5.74) is 4.22. The zero-order chi connectivity index (χ0) is 12.8. The largest absolute Gasteiger partial charge is 0.277 e. The number of anilines is 1. The van der Waals surface area contributed by atoms with Gasteiger partial charge in [-0.15, -0.1) is 0 Å². The van der Waals surface area contributed by atoms with Crippen molar-refractivity contribution in [1.29, 1.82) is 5.26 Å². The smallest absolute Gasteiger partial charge is 0.266 e. The number of hydrogen-bond acceptors (Lipinski definition) is 5. The van der Waals surface area contributed by atoms with Gasteiger partial charge in [-0.1, -0.05) is 12.1 Å². The first kappa shape index (κ1) is 11.5. The second kappa shape index (κ2) is 5.41. The molecular formula is C12H9N5O. The Balaban J connectivity index is 2.08. The number of aromatic amines is 1. The van der Waals surface area contributed by atoms with Gasteiger partial charge in [0.05, 0.1) is 29.7 Å². The van der Waals surface area contributed by atoms with E-state index in [0.29, 0.717) is 11.3 Å². The topological polar surface area (TPSA) is 93.9 Å². The molecule has 6 nitrogen and oxygen atoms in total. The van der Waals surface area contributed by atoms with E-state index in [0.717, 1.165) is 5.56 Å². The van der Waals surface area contributed by atoms with Crippen molar-refractivity contribution in [3.63, 3.8) is 0 Å². The van der Waals surface area contributed by atoms with E-state index in [1.54, 1.807) is 24.4 Å². The summed E-state index contributed by atoms with van der Waals surface area (Å²) in [6, 6.07) is 10.4. The van der Waals surface area contributed by atoms with Crippen LogP contribution in [0.4, 0.5) is 5.69 Å². The summed E-state index contributed by atoms with van der Waals surface area (Å²) in [4.78, 5) is 11.0. The van der Waals surface area contributed by atoms with Crippen LogP contribution in [0, 0.1) is 11.3 Å². The standard InChI is InChI=1S/C12H9N5O/c13-6-9-2-1-3-10(4-9)7-14-16-11-5-12(18)17-15-8-11/h1-5,7-8H,(H2,16,17,18)/b14-7+. The number of H-pyrrole nitrogens is 1. The molecule has 2 N–H and O–H groups in total. The van der Waals surface area contributed by atoms with Crippen LogP contribution in [0.25, 0.3) is 0 Å². The lowest BCUT2D eigenvalue weighted by atomic mass is 10.1. The summed E-state index contributed by atoms with van der Waals surface area (Å²) in [6.07, 6.45) is 3.01. The molecule has 0 fully saturated rings. The fraction of sp³-hybridized carbons (Fsp3) is 0. The number of benzene rings is 1. The van der Waals surface area contributed by atoms with E-state index in [2.05, 4.69) is 20.7 Å². The van der Waals surface area contributed by atoms with Gasteiger partial charge in [-0.25, -0.2) is 5.10 Å². The van der Waals surface area contributed by atoms with E-state index < -0.39 is 0 Å². The quantitative estimate of drug-likeness (QED) is 0.619. The summed E-state index contributed by atoms with van der Waals surface area (Å²) in [5.74, 6) is 0. The maximum atomic E-state index is 11.0. The van der Waals surface area contributed by atoms with Gasteiger partial charge in [-0.2, -0.15) is 15.5 Å². The van der Waals surface area contributed by atoms with Gasteiger partial charge >= 0.3 is 0 Å². The molecule has 2 aromatic rings. The zero-order valence-electron chi connectivity index (χ0n) is 9.29. The van der Waals surface area contributed by atoms with E-state index in [1.807, 2.05) is 12.1 Å². The molecule has 0 spiro atoms. The van der Waals surface area contributed by atoms with Crippen LogP contribution in [-0.2, 0) is 0 Å². The van der Waals surface area contributed by atoms with Gasteiger partial charge in [0, 0.05) is 6.07 Å². The number of nitrogens with one attached hydrogen (secondary N) is 2. The highest BCUT2D eigenvalue weighted by atomic mass is 16.1. The van der Waals surface area contributed by atoms with Crippen molar-refractivity contribution in [3.05, 3.63) is 58.0 Å². The fourth-order valence-electron chi connectivity index (χ4n) is 1.31. The number of nitrogens with zero attached hydrogens (tertiary/aromatic N) is 3. The van der Waals surface area contributed by atoms with Crippen LogP contribution in [0.5, 0.6) is 0 Å². The van der Waals surface area contributed by atoms with Gasteiger partial charge in [0.25, 0.3) is 5.56 Å². The third-order valence-electron chi connectivity index (χ3n) is 2.09. The summed E-state index contributed by atoms with van der Waals surface area (Å²) < 4.78 is 0. The minimum absolute atomic E-state index is 0.304. The average Bonchev–Trinajstić information content (AvgIpc) is 2.39. The molecule has 18 heavy (non-hydrogen) atoms.